The van der Waals surface area contributed by atoms with Crippen LogP contribution in [-0.4, -0.2) is 9.97 Å². The zero-order chi connectivity index (χ0) is 11.4. The number of nitrogens with zero attached hydrogens (tertiary/aromatic N) is 2. The first-order valence-corrected chi connectivity index (χ1v) is 5.07. The molecule has 0 saturated carbocycles. The minimum Gasteiger partial charge on any atom is -0.486 e. The van der Waals surface area contributed by atoms with E-state index in [-0.39, 0.29) is 0 Å². The molecule has 1 aromatic carbocycles. The molecule has 0 aliphatic heterocycles. The Hall–Kier alpha value is -1.81. The van der Waals surface area contributed by atoms with Crippen molar-refractivity contribution < 1.29 is 4.74 Å². The average molecular weight is 236 g/mol. The van der Waals surface area contributed by atoms with Crippen LogP contribution in [-0.2, 0) is 6.61 Å². The molecule has 0 bridgehead atoms. The first-order chi connectivity index (χ1) is 7.75. The van der Waals surface area contributed by atoms with Crippen LogP contribution < -0.4 is 10.5 Å². The lowest BCUT2D eigenvalue weighted by molar-refractivity contribution is 0.296. The molecule has 4 nitrogen and oxygen atoms in total. The third-order valence-corrected chi connectivity index (χ3v) is 2.29. The van der Waals surface area contributed by atoms with Crippen molar-refractivity contribution in [1.82, 2.24) is 9.97 Å². The lowest BCUT2D eigenvalue weighted by Crippen LogP contribution is -2.00. The van der Waals surface area contributed by atoms with Gasteiger partial charge < -0.3 is 10.5 Å². The monoisotopic (exact) mass is 235 g/mol. The molecule has 16 heavy (non-hydrogen) atoms. The highest BCUT2D eigenvalue weighted by Gasteiger charge is 2.00. The van der Waals surface area contributed by atoms with E-state index in [9.17, 15) is 0 Å². The van der Waals surface area contributed by atoms with Gasteiger partial charge in [0.25, 0.3) is 0 Å². The van der Waals surface area contributed by atoms with Gasteiger partial charge in [-0.25, -0.2) is 9.97 Å². The highest BCUT2D eigenvalue weighted by atomic mass is 35.5. The lowest BCUT2D eigenvalue weighted by Gasteiger charge is -2.06. The molecule has 0 fully saturated rings. The largest absolute Gasteiger partial charge is 0.486 e. The van der Waals surface area contributed by atoms with Crippen LogP contribution in [0, 0.1) is 0 Å². The zero-order valence-electron chi connectivity index (χ0n) is 8.43. The molecule has 0 amide bonds. The van der Waals surface area contributed by atoms with Gasteiger partial charge in [-0.1, -0.05) is 11.6 Å². The Morgan fingerprint density at radius 2 is 2.00 bits per heavy atom. The summed E-state index contributed by atoms with van der Waals surface area (Å²) in [6.07, 6.45) is 3.34. The fourth-order valence-corrected chi connectivity index (χ4v) is 1.32. The quantitative estimate of drug-likeness (QED) is 0.830. The third kappa shape index (κ3) is 2.61. The molecule has 82 valence electrons. The van der Waals surface area contributed by atoms with Gasteiger partial charge in [0.15, 0.2) is 5.82 Å². The van der Waals surface area contributed by atoms with Crippen molar-refractivity contribution >= 4 is 17.3 Å². The van der Waals surface area contributed by atoms with Crippen LogP contribution in [0.5, 0.6) is 5.75 Å². The van der Waals surface area contributed by atoms with Gasteiger partial charge in [-0.15, -0.1) is 0 Å². The molecule has 5 heteroatoms. The standard InChI is InChI=1S/C11H10ClN3O/c12-9-6-8(2-3-10(9)13)16-7-11-14-4-1-5-15-11/h1-6H,7,13H2. The summed E-state index contributed by atoms with van der Waals surface area (Å²) in [5.41, 5.74) is 6.12. The van der Waals surface area contributed by atoms with Crippen molar-refractivity contribution in [2.45, 2.75) is 6.61 Å². The lowest BCUT2D eigenvalue weighted by atomic mass is 10.3. The Kier molecular flexibility index (Phi) is 3.22. The molecule has 0 aliphatic carbocycles. The minimum absolute atomic E-state index is 0.307. The second kappa shape index (κ2) is 4.81. The van der Waals surface area contributed by atoms with Gasteiger partial charge in [-0.2, -0.15) is 0 Å². The predicted molar refractivity (Wildman–Crippen MR) is 62.2 cm³/mol. The van der Waals surface area contributed by atoms with E-state index in [0.29, 0.717) is 28.9 Å². The van der Waals surface area contributed by atoms with Gasteiger partial charge in [0, 0.05) is 18.5 Å². The zero-order valence-corrected chi connectivity index (χ0v) is 9.19. The summed E-state index contributed by atoms with van der Waals surface area (Å²) < 4.78 is 5.46. The van der Waals surface area contributed by atoms with Crippen molar-refractivity contribution in [3.63, 3.8) is 0 Å². The maximum Gasteiger partial charge on any atom is 0.166 e. The summed E-state index contributed by atoms with van der Waals surface area (Å²) in [5.74, 6) is 1.27. The Morgan fingerprint density at radius 1 is 1.25 bits per heavy atom. The van der Waals surface area contributed by atoms with E-state index in [1.165, 1.54) is 0 Å². The fraction of sp³-hybridized carbons (Fsp3) is 0.0909. The summed E-state index contributed by atoms with van der Waals surface area (Å²) in [7, 11) is 0. The SMILES string of the molecule is Nc1ccc(OCc2ncccn2)cc1Cl. The molecule has 0 radical (unpaired) electrons. The summed E-state index contributed by atoms with van der Waals surface area (Å²) in [6.45, 7) is 0.307. The van der Waals surface area contributed by atoms with Crippen LogP contribution in [0.4, 0.5) is 5.69 Å². The maximum absolute atomic E-state index is 5.86. The van der Waals surface area contributed by atoms with E-state index < -0.39 is 0 Å². The van der Waals surface area contributed by atoms with Crippen molar-refractivity contribution in [3.05, 3.63) is 47.5 Å². The number of ether oxygens (including phenoxy) is 1. The normalized spacial score (nSPS) is 10.1. The molecular formula is C11H10ClN3O. The van der Waals surface area contributed by atoms with Crippen molar-refractivity contribution in [2.24, 2.45) is 0 Å². The first-order valence-electron chi connectivity index (χ1n) is 4.69. The topological polar surface area (TPSA) is 61.0 Å². The number of nitrogen functional groups attached to an aromatic ring is 1. The number of hydrogen-bond donors (Lipinski definition) is 1. The van der Waals surface area contributed by atoms with E-state index in [1.54, 1.807) is 36.7 Å². The number of rotatable bonds is 3. The van der Waals surface area contributed by atoms with Crippen LogP contribution >= 0.6 is 11.6 Å². The molecular weight excluding hydrogens is 226 g/mol. The first kappa shape index (κ1) is 10.7. The van der Waals surface area contributed by atoms with Gasteiger partial charge in [-0.3, -0.25) is 0 Å². The highest BCUT2D eigenvalue weighted by Crippen LogP contribution is 2.24. The number of anilines is 1. The van der Waals surface area contributed by atoms with Crippen molar-refractivity contribution in [2.75, 3.05) is 5.73 Å². The predicted octanol–water partition coefficient (Wildman–Crippen LogP) is 2.29. The smallest absolute Gasteiger partial charge is 0.166 e. The molecule has 0 atom stereocenters. The molecule has 1 aromatic heterocycles. The van der Waals surface area contributed by atoms with Gasteiger partial charge in [0.05, 0.1) is 10.7 Å². The molecule has 2 N–H and O–H groups in total. The van der Waals surface area contributed by atoms with E-state index in [4.69, 9.17) is 22.1 Å². The number of nitrogens with two attached hydrogens (primary N) is 1. The Morgan fingerprint density at radius 3 is 2.69 bits per heavy atom. The van der Waals surface area contributed by atoms with Gasteiger partial charge in [0.1, 0.15) is 12.4 Å². The summed E-state index contributed by atoms with van der Waals surface area (Å²) >= 11 is 5.86. The van der Waals surface area contributed by atoms with Crippen molar-refractivity contribution in [3.8, 4) is 5.75 Å². The highest BCUT2D eigenvalue weighted by molar-refractivity contribution is 6.33. The average Bonchev–Trinajstić information content (AvgIpc) is 2.32. The molecule has 2 aromatic rings. The van der Waals surface area contributed by atoms with Crippen LogP contribution in [0.2, 0.25) is 5.02 Å². The molecule has 2 rings (SSSR count). The van der Waals surface area contributed by atoms with E-state index >= 15 is 0 Å². The Labute approximate surface area is 98.0 Å². The number of hydrogen-bond acceptors (Lipinski definition) is 4. The number of aromatic nitrogens is 2. The molecule has 0 unspecified atom stereocenters. The van der Waals surface area contributed by atoms with Gasteiger partial charge >= 0.3 is 0 Å². The van der Waals surface area contributed by atoms with Gasteiger partial charge in [0.2, 0.25) is 0 Å². The molecule has 1 heterocycles. The van der Waals surface area contributed by atoms with Crippen molar-refractivity contribution in [1.29, 1.82) is 0 Å². The van der Waals surface area contributed by atoms with Crippen LogP contribution in [0.3, 0.4) is 0 Å². The van der Waals surface area contributed by atoms with Crippen LogP contribution in [0.15, 0.2) is 36.7 Å². The second-order valence-corrected chi connectivity index (χ2v) is 3.54. The third-order valence-electron chi connectivity index (χ3n) is 1.96. The molecule has 0 saturated heterocycles. The van der Waals surface area contributed by atoms with E-state index in [1.807, 2.05) is 0 Å². The summed E-state index contributed by atoms with van der Waals surface area (Å²) in [5, 5.41) is 0.478. The molecule has 0 spiro atoms. The summed E-state index contributed by atoms with van der Waals surface area (Å²) in [6, 6.07) is 6.87. The minimum atomic E-state index is 0.307. The fourth-order valence-electron chi connectivity index (χ4n) is 1.15. The maximum atomic E-state index is 5.86. The molecule has 0 aliphatic rings. The van der Waals surface area contributed by atoms with Crippen LogP contribution in [0.25, 0.3) is 0 Å². The van der Waals surface area contributed by atoms with Crippen LogP contribution in [0.1, 0.15) is 5.82 Å². The van der Waals surface area contributed by atoms with Gasteiger partial charge in [-0.05, 0) is 18.2 Å². The Bertz CT molecular complexity index is 476. The second-order valence-electron chi connectivity index (χ2n) is 3.14. The van der Waals surface area contributed by atoms with E-state index in [0.717, 1.165) is 0 Å². The number of halogens is 1. The Balaban J connectivity index is 2.03. The van der Waals surface area contributed by atoms with E-state index in [2.05, 4.69) is 9.97 Å². The number of benzene rings is 1. The summed E-state index contributed by atoms with van der Waals surface area (Å²) in [4.78, 5) is 8.08.